The lowest BCUT2D eigenvalue weighted by atomic mass is 9.78. The summed E-state index contributed by atoms with van der Waals surface area (Å²) in [6, 6.07) is 17.9. The number of fused-ring (bicyclic) bond motifs is 5. The third-order valence-corrected chi connectivity index (χ3v) is 6.48. The van der Waals surface area contributed by atoms with Gasteiger partial charge in [-0.25, -0.2) is 0 Å². The van der Waals surface area contributed by atoms with Gasteiger partial charge in [-0.3, -0.25) is 4.90 Å². The summed E-state index contributed by atoms with van der Waals surface area (Å²) in [5.74, 6) is 0.796. The highest BCUT2D eigenvalue weighted by Gasteiger charge is 2.34. The van der Waals surface area contributed by atoms with Crippen molar-refractivity contribution in [1.29, 1.82) is 0 Å². The molecule has 4 aliphatic rings. The van der Waals surface area contributed by atoms with Crippen LogP contribution in [0, 0.1) is 5.92 Å². The normalized spacial score (nSPS) is 25.8. The van der Waals surface area contributed by atoms with E-state index in [2.05, 4.69) is 53.4 Å². The number of benzene rings is 2. The maximum atomic E-state index is 2.63. The lowest BCUT2D eigenvalue weighted by molar-refractivity contribution is 0.162. The van der Waals surface area contributed by atoms with E-state index in [-0.39, 0.29) is 0 Å². The molecule has 0 atom stereocenters. The molecule has 0 spiro atoms. The highest BCUT2D eigenvalue weighted by atomic mass is 32.2. The van der Waals surface area contributed by atoms with E-state index < -0.39 is 0 Å². The summed E-state index contributed by atoms with van der Waals surface area (Å²) < 4.78 is 0. The Morgan fingerprint density at radius 2 is 1.41 bits per heavy atom. The first-order chi connectivity index (χ1) is 10.9. The molecule has 22 heavy (non-hydrogen) atoms. The summed E-state index contributed by atoms with van der Waals surface area (Å²) in [5, 5.41) is 0. The maximum absolute atomic E-state index is 2.63. The molecule has 4 aliphatic heterocycles. The summed E-state index contributed by atoms with van der Waals surface area (Å²) in [7, 11) is 0. The van der Waals surface area contributed by atoms with E-state index in [4.69, 9.17) is 0 Å². The monoisotopic (exact) mass is 305 g/mol. The second-order valence-corrected chi connectivity index (χ2v) is 7.63. The molecule has 0 amide bonds. The van der Waals surface area contributed by atoms with Gasteiger partial charge in [-0.2, -0.15) is 0 Å². The van der Waals surface area contributed by atoms with Crippen molar-refractivity contribution >= 4 is 17.3 Å². The molecule has 0 aromatic heterocycles. The average molecular weight is 305 g/mol. The molecule has 0 aliphatic carbocycles. The quantitative estimate of drug-likeness (QED) is 0.593. The highest BCUT2D eigenvalue weighted by Crippen LogP contribution is 2.49. The summed E-state index contributed by atoms with van der Waals surface area (Å²) in [6.45, 7) is 3.76. The van der Waals surface area contributed by atoms with Gasteiger partial charge in [0.15, 0.2) is 0 Å². The van der Waals surface area contributed by atoms with Crippen LogP contribution in [0.15, 0.2) is 63.9 Å². The van der Waals surface area contributed by atoms with Crippen molar-refractivity contribution in [3.05, 3.63) is 65.2 Å². The molecule has 0 unspecified atom stereocenters. The van der Waals surface area contributed by atoms with Crippen molar-refractivity contribution in [2.75, 3.05) is 19.6 Å². The molecule has 2 bridgehead atoms. The van der Waals surface area contributed by atoms with Crippen molar-refractivity contribution in [2.24, 2.45) is 5.92 Å². The van der Waals surface area contributed by atoms with Crippen molar-refractivity contribution < 1.29 is 0 Å². The average Bonchev–Trinajstić information content (AvgIpc) is 2.60. The Morgan fingerprint density at radius 3 is 1.95 bits per heavy atom. The Morgan fingerprint density at radius 1 is 0.818 bits per heavy atom. The van der Waals surface area contributed by atoms with Gasteiger partial charge in [0.2, 0.25) is 0 Å². The topological polar surface area (TPSA) is 3.24 Å². The molecule has 0 saturated carbocycles. The first kappa shape index (κ1) is 13.0. The van der Waals surface area contributed by atoms with E-state index in [0.29, 0.717) is 0 Å². The molecule has 2 heteroatoms. The molecule has 1 nitrogen and oxygen atoms in total. The van der Waals surface area contributed by atoms with Gasteiger partial charge >= 0.3 is 0 Å². The van der Waals surface area contributed by atoms with Crippen LogP contribution in [0.4, 0.5) is 0 Å². The second-order valence-electron chi connectivity index (χ2n) is 6.55. The van der Waals surface area contributed by atoms with Gasteiger partial charge in [0.25, 0.3) is 0 Å². The lowest BCUT2D eigenvalue weighted by Gasteiger charge is -2.43. The minimum Gasteiger partial charge on any atom is -0.299 e. The molecular formula is C20H19NS. The minimum absolute atomic E-state index is 0.796. The van der Waals surface area contributed by atoms with Crippen LogP contribution in [-0.2, 0) is 0 Å². The van der Waals surface area contributed by atoms with Gasteiger partial charge in [0, 0.05) is 16.3 Å². The molecule has 2 aromatic rings. The fourth-order valence-electron chi connectivity index (χ4n) is 4.23. The number of hydrogen-bond acceptors (Lipinski definition) is 2. The van der Waals surface area contributed by atoms with E-state index in [9.17, 15) is 0 Å². The van der Waals surface area contributed by atoms with Gasteiger partial charge in [0.1, 0.15) is 0 Å². The SMILES string of the molecule is c1ccc2c(c1)Sc1ccccc1C2=C1CN2CCC1CC2. The third-order valence-electron chi connectivity index (χ3n) is 5.33. The predicted molar refractivity (Wildman–Crippen MR) is 92.2 cm³/mol. The molecular weight excluding hydrogens is 286 g/mol. The molecule has 3 fully saturated rings. The Balaban J connectivity index is 1.78. The van der Waals surface area contributed by atoms with Crippen molar-refractivity contribution in [3.63, 3.8) is 0 Å². The van der Waals surface area contributed by atoms with Crippen LogP contribution in [0.1, 0.15) is 24.0 Å². The molecule has 0 radical (unpaired) electrons. The summed E-state index contributed by atoms with van der Waals surface area (Å²) in [5.41, 5.74) is 6.14. The van der Waals surface area contributed by atoms with Gasteiger partial charge in [-0.15, -0.1) is 0 Å². The molecule has 4 heterocycles. The van der Waals surface area contributed by atoms with Crippen molar-refractivity contribution in [3.8, 4) is 0 Å². The van der Waals surface area contributed by atoms with Crippen LogP contribution in [0.3, 0.4) is 0 Å². The molecule has 2 aromatic carbocycles. The maximum Gasteiger partial charge on any atom is 0.0205 e. The van der Waals surface area contributed by atoms with Crippen molar-refractivity contribution in [2.45, 2.75) is 22.6 Å². The highest BCUT2D eigenvalue weighted by molar-refractivity contribution is 7.99. The van der Waals surface area contributed by atoms with Gasteiger partial charge in [-0.05, 0) is 66.3 Å². The number of hydrogen-bond donors (Lipinski definition) is 0. The summed E-state index contributed by atoms with van der Waals surface area (Å²) in [6.07, 6.45) is 2.69. The molecule has 0 N–H and O–H groups in total. The third kappa shape index (κ3) is 1.90. The Bertz CT molecular complexity index is 721. The van der Waals surface area contributed by atoms with Crippen LogP contribution in [0.2, 0.25) is 0 Å². The predicted octanol–water partition coefficient (Wildman–Crippen LogP) is 4.68. The Labute approximate surface area is 136 Å². The van der Waals surface area contributed by atoms with Crippen molar-refractivity contribution in [1.82, 2.24) is 4.90 Å². The van der Waals surface area contributed by atoms with Crippen LogP contribution in [0.25, 0.3) is 5.57 Å². The fraction of sp³-hybridized carbons (Fsp3) is 0.300. The van der Waals surface area contributed by atoms with E-state index in [1.54, 1.807) is 11.1 Å². The smallest absolute Gasteiger partial charge is 0.0205 e. The summed E-state index contributed by atoms with van der Waals surface area (Å²) >= 11 is 1.92. The first-order valence-corrected chi connectivity index (χ1v) is 9.04. The van der Waals surface area contributed by atoms with Gasteiger partial charge in [-0.1, -0.05) is 48.2 Å². The zero-order valence-electron chi connectivity index (χ0n) is 12.6. The fourth-order valence-corrected chi connectivity index (χ4v) is 5.32. The first-order valence-electron chi connectivity index (χ1n) is 8.22. The van der Waals surface area contributed by atoms with Crippen LogP contribution in [-0.4, -0.2) is 24.5 Å². The molecule has 6 rings (SSSR count). The summed E-state index contributed by atoms with van der Waals surface area (Å²) in [4.78, 5) is 5.47. The number of piperidine rings is 3. The zero-order valence-corrected chi connectivity index (χ0v) is 13.4. The molecule has 3 saturated heterocycles. The van der Waals surface area contributed by atoms with Gasteiger partial charge < -0.3 is 0 Å². The van der Waals surface area contributed by atoms with E-state index in [1.165, 1.54) is 53.4 Å². The lowest BCUT2D eigenvalue weighted by Crippen LogP contribution is -2.43. The number of rotatable bonds is 0. The standard InChI is InChI=1S/C20H19NS/c1-3-7-18-15(5-1)20(16-6-2-4-8-19(16)22-18)17-13-21-11-9-14(17)10-12-21/h1-8,14H,9-13H2. The van der Waals surface area contributed by atoms with E-state index in [0.717, 1.165) is 5.92 Å². The van der Waals surface area contributed by atoms with E-state index in [1.807, 2.05) is 11.8 Å². The minimum atomic E-state index is 0.796. The van der Waals surface area contributed by atoms with Crippen LogP contribution < -0.4 is 0 Å². The van der Waals surface area contributed by atoms with Crippen LogP contribution in [0.5, 0.6) is 0 Å². The number of nitrogens with zero attached hydrogens (tertiary/aromatic N) is 1. The van der Waals surface area contributed by atoms with Crippen LogP contribution >= 0.6 is 11.8 Å². The Kier molecular flexibility index (Phi) is 2.95. The largest absolute Gasteiger partial charge is 0.299 e. The second kappa shape index (κ2) is 5.00. The van der Waals surface area contributed by atoms with E-state index >= 15 is 0 Å². The zero-order chi connectivity index (χ0) is 14.5. The Hall–Kier alpha value is -1.51. The molecule has 110 valence electrons. The van der Waals surface area contributed by atoms with Gasteiger partial charge in [0.05, 0.1) is 0 Å².